The molecule has 15 heavy (non-hydrogen) atoms. The van der Waals surface area contributed by atoms with Crippen molar-refractivity contribution < 1.29 is 0 Å². The highest BCUT2D eigenvalue weighted by atomic mass is 15.3. The summed E-state index contributed by atoms with van der Waals surface area (Å²) >= 11 is 0. The molecular weight excluding hydrogens is 188 g/mol. The van der Waals surface area contributed by atoms with Gasteiger partial charge in [0.25, 0.3) is 0 Å². The number of aromatic nitrogens is 3. The van der Waals surface area contributed by atoms with Gasteiger partial charge in [-0.1, -0.05) is 6.07 Å². The van der Waals surface area contributed by atoms with Crippen LogP contribution in [0.25, 0.3) is 0 Å². The molecule has 0 aliphatic carbocycles. The predicted octanol–water partition coefficient (Wildman–Crippen LogP) is 1.13. The van der Waals surface area contributed by atoms with Crippen LogP contribution in [0.15, 0.2) is 36.9 Å². The smallest absolute Gasteiger partial charge is 0.0905 e. The van der Waals surface area contributed by atoms with E-state index >= 15 is 0 Å². The number of nitrogens with two attached hydrogens (primary N) is 1. The first-order valence-corrected chi connectivity index (χ1v) is 4.92. The molecule has 2 rings (SSSR count). The van der Waals surface area contributed by atoms with Gasteiger partial charge in [-0.2, -0.15) is 5.10 Å². The minimum absolute atomic E-state index is 0.0763. The van der Waals surface area contributed by atoms with Crippen LogP contribution in [-0.4, -0.2) is 21.3 Å². The van der Waals surface area contributed by atoms with Crippen LogP contribution in [0.4, 0.5) is 0 Å². The molecule has 1 unspecified atom stereocenters. The van der Waals surface area contributed by atoms with E-state index in [9.17, 15) is 0 Å². The summed E-state index contributed by atoms with van der Waals surface area (Å²) in [6.45, 7) is 2.53. The quantitative estimate of drug-likeness (QED) is 0.811. The second-order valence-corrected chi connectivity index (χ2v) is 3.54. The Morgan fingerprint density at radius 1 is 1.47 bits per heavy atom. The minimum atomic E-state index is 0.0763. The molecular formula is C11H14N4. The lowest BCUT2D eigenvalue weighted by atomic mass is 10.1. The molecule has 0 amide bonds. The van der Waals surface area contributed by atoms with Crippen molar-refractivity contribution in [3.63, 3.8) is 0 Å². The molecule has 2 aromatic rings. The summed E-state index contributed by atoms with van der Waals surface area (Å²) in [6.07, 6.45) is 7.41. The molecule has 4 heteroatoms. The maximum absolute atomic E-state index is 5.76. The van der Waals surface area contributed by atoms with Gasteiger partial charge in [-0.25, -0.2) is 0 Å². The molecule has 0 aromatic carbocycles. The fraction of sp³-hybridized carbons (Fsp3) is 0.273. The van der Waals surface area contributed by atoms with Crippen LogP contribution in [-0.2, 0) is 0 Å². The molecule has 0 saturated carbocycles. The largest absolute Gasteiger partial charge is 0.328 e. The Kier molecular flexibility index (Phi) is 2.78. The summed E-state index contributed by atoms with van der Waals surface area (Å²) in [5.41, 5.74) is 7.98. The molecule has 2 heterocycles. The fourth-order valence-corrected chi connectivity index (χ4v) is 1.57. The van der Waals surface area contributed by atoms with E-state index in [1.807, 2.05) is 42.3 Å². The van der Waals surface area contributed by atoms with E-state index < -0.39 is 0 Å². The lowest BCUT2D eigenvalue weighted by molar-refractivity contribution is 0.530. The Labute approximate surface area is 88.8 Å². The third kappa shape index (κ3) is 2.05. The molecule has 0 saturated heterocycles. The summed E-state index contributed by atoms with van der Waals surface area (Å²) in [6, 6.07) is 4.00. The predicted molar refractivity (Wildman–Crippen MR) is 58.4 cm³/mol. The maximum atomic E-state index is 5.76. The van der Waals surface area contributed by atoms with E-state index in [2.05, 4.69) is 10.1 Å². The average molecular weight is 202 g/mol. The molecule has 1 atom stereocenters. The first-order valence-electron chi connectivity index (χ1n) is 4.92. The summed E-state index contributed by atoms with van der Waals surface area (Å²) in [5.74, 6) is 0. The average Bonchev–Trinajstić information content (AvgIpc) is 2.68. The van der Waals surface area contributed by atoms with E-state index in [0.29, 0.717) is 6.54 Å². The number of rotatable bonds is 3. The summed E-state index contributed by atoms with van der Waals surface area (Å²) in [7, 11) is 0. The topological polar surface area (TPSA) is 56.7 Å². The third-order valence-electron chi connectivity index (χ3n) is 2.34. The van der Waals surface area contributed by atoms with Gasteiger partial charge in [0.15, 0.2) is 0 Å². The van der Waals surface area contributed by atoms with E-state index in [1.54, 1.807) is 6.20 Å². The number of pyridine rings is 1. The first-order chi connectivity index (χ1) is 7.31. The van der Waals surface area contributed by atoms with Gasteiger partial charge in [-0.05, 0) is 24.1 Å². The Morgan fingerprint density at radius 2 is 2.33 bits per heavy atom. The zero-order valence-electron chi connectivity index (χ0n) is 8.67. The zero-order chi connectivity index (χ0) is 10.7. The van der Waals surface area contributed by atoms with Crippen molar-refractivity contribution in [2.75, 3.05) is 6.54 Å². The molecule has 0 fully saturated rings. The molecule has 4 nitrogen and oxygen atoms in total. The van der Waals surface area contributed by atoms with Gasteiger partial charge in [0.05, 0.1) is 12.2 Å². The third-order valence-corrected chi connectivity index (χ3v) is 2.34. The van der Waals surface area contributed by atoms with Crippen LogP contribution in [0, 0.1) is 6.92 Å². The first kappa shape index (κ1) is 9.86. The standard InChI is InChI=1S/C11H14N4/c1-9-6-14-15(8-9)11(5-12)10-3-2-4-13-7-10/h2-4,6-8,11H,5,12H2,1H3. The van der Waals surface area contributed by atoms with Crippen LogP contribution >= 0.6 is 0 Å². The lowest BCUT2D eigenvalue weighted by Crippen LogP contribution is -2.20. The van der Waals surface area contributed by atoms with E-state index in [1.165, 1.54) is 0 Å². The van der Waals surface area contributed by atoms with E-state index in [4.69, 9.17) is 5.73 Å². The molecule has 0 aliphatic rings. The minimum Gasteiger partial charge on any atom is -0.328 e. The van der Waals surface area contributed by atoms with Gasteiger partial charge in [-0.15, -0.1) is 0 Å². The molecule has 78 valence electrons. The second-order valence-electron chi connectivity index (χ2n) is 3.54. The van der Waals surface area contributed by atoms with Gasteiger partial charge in [-0.3, -0.25) is 9.67 Å². The Bertz CT molecular complexity index is 421. The van der Waals surface area contributed by atoms with Crippen molar-refractivity contribution in [2.45, 2.75) is 13.0 Å². The Morgan fingerprint density at radius 3 is 2.87 bits per heavy atom. The summed E-state index contributed by atoms with van der Waals surface area (Å²) < 4.78 is 1.88. The Balaban J connectivity index is 2.33. The van der Waals surface area contributed by atoms with Crippen LogP contribution in [0.5, 0.6) is 0 Å². The normalized spacial score (nSPS) is 12.7. The van der Waals surface area contributed by atoms with Crippen LogP contribution in [0.2, 0.25) is 0 Å². The SMILES string of the molecule is Cc1cnn(C(CN)c2cccnc2)c1. The van der Waals surface area contributed by atoms with E-state index in [0.717, 1.165) is 11.1 Å². The summed E-state index contributed by atoms with van der Waals surface area (Å²) in [5, 5.41) is 4.27. The molecule has 2 aromatic heterocycles. The monoisotopic (exact) mass is 202 g/mol. The van der Waals surface area contributed by atoms with Crippen LogP contribution in [0.1, 0.15) is 17.2 Å². The number of nitrogens with zero attached hydrogens (tertiary/aromatic N) is 3. The van der Waals surface area contributed by atoms with Gasteiger partial charge in [0.2, 0.25) is 0 Å². The molecule has 0 aliphatic heterocycles. The van der Waals surface area contributed by atoms with Crippen molar-refractivity contribution in [3.8, 4) is 0 Å². The van der Waals surface area contributed by atoms with Gasteiger partial charge in [0, 0.05) is 25.1 Å². The van der Waals surface area contributed by atoms with Crippen LogP contribution in [0.3, 0.4) is 0 Å². The van der Waals surface area contributed by atoms with Crippen LogP contribution < -0.4 is 5.73 Å². The van der Waals surface area contributed by atoms with Crippen molar-refractivity contribution in [1.29, 1.82) is 0 Å². The number of hydrogen-bond donors (Lipinski definition) is 1. The van der Waals surface area contributed by atoms with E-state index in [-0.39, 0.29) is 6.04 Å². The highest BCUT2D eigenvalue weighted by molar-refractivity contribution is 5.16. The van der Waals surface area contributed by atoms with Gasteiger partial charge in [0.1, 0.15) is 0 Å². The molecule has 2 N–H and O–H groups in total. The summed E-state index contributed by atoms with van der Waals surface area (Å²) in [4.78, 5) is 4.09. The number of aryl methyl sites for hydroxylation is 1. The highest BCUT2D eigenvalue weighted by Gasteiger charge is 2.12. The van der Waals surface area contributed by atoms with Crippen molar-refractivity contribution in [1.82, 2.24) is 14.8 Å². The van der Waals surface area contributed by atoms with Gasteiger partial charge < -0.3 is 5.73 Å². The van der Waals surface area contributed by atoms with Crippen molar-refractivity contribution >= 4 is 0 Å². The lowest BCUT2D eigenvalue weighted by Gasteiger charge is -2.15. The van der Waals surface area contributed by atoms with Crippen molar-refractivity contribution in [3.05, 3.63) is 48.0 Å². The molecule has 0 radical (unpaired) electrons. The second kappa shape index (κ2) is 4.23. The van der Waals surface area contributed by atoms with Crippen molar-refractivity contribution in [2.24, 2.45) is 5.73 Å². The maximum Gasteiger partial charge on any atom is 0.0905 e. The zero-order valence-corrected chi connectivity index (χ0v) is 8.67. The number of hydrogen-bond acceptors (Lipinski definition) is 3. The molecule has 0 bridgehead atoms. The Hall–Kier alpha value is -1.68. The van der Waals surface area contributed by atoms with Gasteiger partial charge >= 0.3 is 0 Å². The fourth-order valence-electron chi connectivity index (χ4n) is 1.57. The molecule has 0 spiro atoms. The highest BCUT2D eigenvalue weighted by Crippen LogP contribution is 2.15.